The first-order chi connectivity index (χ1) is 63.6. The van der Waals surface area contributed by atoms with Crippen molar-refractivity contribution in [3.05, 3.63) is 169 Å². The maximum absolute atomic E-state index is 16.3. The van der Waals surface area contributed by atoms with Crippen LogP contribution in [-0.4, -0.2) is 189 Å². The number of fused-ring (bicyclic) bond motifs is 6. The number of hydrogen-bond donors (Lipinski definition) is 2. The second-order valence-corrected chi connectivity index (χ2v) is 45.2. The summed E-state index contributed by atoms with van der Waals surface area (Å²) in [4.78, 5) is 104. The average Bonchev–Trinajstić information content (AvgIpc) is 1.02. The van der Waals surface area contributed by atoms with E-state index in [1.165, 1.54) is 72.9 Å². The van der Waals surface area contributed by atoms with Gasteiger partial charge in [-0.25, -0.2) is 92.9 Å². The van der Waals surface area contributed by atoms with Crippen LogP contribution in [0.5, 0.6) is 5.75 Å². The van der Waals surface area contributed by atoms with E-state index in [0.29, 0.717) is 52.0 Å². The number of hydrogen-bond acceptors (Lipinski definition) is 22. The number of carbonyl (C=O) groups excluding carboxylic acids is 2. The summed E-state index contributed by atoms with van der Waals surface area (Å²) in [6.07, 6.45) is 13.2. The molecular formula is C99H134ClF9N18O8Si. The van der Waals surface area contributed by atoms with Gasteiger partial charge in [0, 0.05) is 88.6 Å². The van der Waals surface area contributed by atoms with Crippen LogP contribution in [0.15, 0.2) is 89.8 Å². The van der Waals surface area contributed by atoms with Gasteiger partial charge in [0.15, 0.2) is 43.0 Å². The lowest BCUT2D eigenvalue weighted by atomic mass is 9.93. The lowest BCUT2D eigenvalue weighted by Crippen LogP contribution is -2.59. The molecule has 1 aliphatic carbocycles. The maximum atomic E-state index is 16.3. The highest BCUT2D eigenvalue weighted by atomic mass is 35.5. The molecule has 3 fully saturated rings. The van der Waals surface area contributed by atoms with Crippen molar-refractivity contribution in [3.63, 3.8) is 0 Å². The summed E-state index contributed by atoms with van der Waals surface area (Å²) in [6.45, 7) is 45.0. The van der Waals surface area contributed by atoms with Gasteiger partial charge in [-0.3, -0.25) is 14.8 Å². The van der Waals surface area contributed by atoms with Gasteiger partial charge in [0.05, 0.1) is 79.9 Å². The van der Waals surface area contributed by atoms with Crippen LogP contribution in [0.1, 0.15) is 265 Å². The van der Waals surface area contributed by atoms with Crippen LogP contribution in [0.3, 0.4) is 0 Å². The number of nitrogen functional groups attached to an aromatic ring is 2. The molecule has 2 amide bonds. The topological polar surface area (TPSA) is 309 Å². The first-order valence-corrected chi connectivity index (χ1v) is 50.2. The van der Waals surface area contributed by atoms with Crippen LogP contribution in [0.2, 0.25) is 23.3 Å². The average molecular weight is 1940 g/mol. The first kappa shape index (κ1) is 108. The minimum absolute atomic E-state index is 0.0307. The number of halogens is 10. The highest BCUT2D eigenvalue weighted by molar-refractivity contribution is 6.74. The number of unbranched alkanes of at least 4 members (excludes halogenated alkanes) is 1. The Balaban J connectivity index is 0.000000205. The molecule has 4 atom stereocenters. The van der Waals surface area contributed by atoms with Gasteiger partial charge in [-0.1, -0.05) is 127 Å². The van der Waals surface area contributed by atoms with Gasteiger partial charge in [-0.05, 0) is 201 Å². The fourth-order valence-electron chi connectivity index (χ4n) is 16.5. The number of aryl methyl sites for hydroxylation is 4. The number of pyridine rings is 4. The van der Waals surface area contributed by atoms with Crippen LogP contribution < -0.4 is 37.4 Å². The molecule has 136 heavy (non-hydrogen) atoms. The summed E-state index contributed by atoms with van der Waals surface area (Å²) < 4.78 is 160. The number of rotatable bonds is 26. The van der Waals surface area contributed by atoms with Gasteiger partial charge in [0.25, 0.3) is 17.8 Å². The molecule has 1 saturated carbocycles. The third-order valence-corrected chi connectivity index (χ3v) is 30.5. The molecule has 3 aliphatic heterocycles. The van der Waals surface area contributed by atoms with E-state index < -0.39 is 116 Å². The summed E-state index contributed by atoms with van der Waals surface area (Å²) in [7, 11) is -2.45. The third-order valence-electron chi connectivity index (χ3n) is 25.8. The van der Waals surface area contributed by atoms with Crippen LogP contribution >= 0.6 is 11.6 Å². The van der Waals surface area contributed by atoms with Crippen LogP contribution in [-0.2, 0) is 44.4 Å². The number of benzene rings is 1. The summed E-state index contributed by atoms with van der Waals surface area (Å²) >= 11 is 6.23. The van der Waals surface area contributed by atoms with Gasteiger partial charge in [0.2, 0.25) is 5.91 Å². The molecule has 4 N–H and O–H groups in total. The van der Waals surface area contributed by atoms with E-state index in [1.807, 2.05) is 126 Å². The number of ether oxygens (including phenoxy) is 3. The highest BCUT2D eigenvalue weighted by Gasteiger charge is 2.45. The SMILES string of the molecule is C=CC(=O)N1C[C@H](C)N(c2nc(=O)n3c4nc(c(F)cc24)-c2c(F)cccc2OCC(F)(F)CCc2ccnc(C(C)C)c2-3)C[C@H]1C.CC(C)c1ncnc(CCC(F)(F)CO[Si](C)(C)C(C)(C)C)c1-n1c(=O)nc(N2C[C@@H](C)N(C(=O)OC(C)(C)C)C[C@@H]2C)c2cc(F)c(Cl)nc21.CCC1(CCc2ccnc(C(C)C)c2N)CC1.CCCCOCC(F)(F)CCc1ncnc(C(C)C)c1N. The molecule has 13 rings (SSSR count). The lowest BCUT2D eigenvalue weighted by Gasteiger charge is -2.44. The van der Waals surface area contributed by atoms with Gasteiger partial charge < -0.3 is 49.7 Å². The van der Waals surface area contributed by atoms with E-state index in [0.717, 1.165) is 53.4 Å². The zero-order valence-corrected chi connectivity index (χ0v) is 84.2. The molecule has 0 spiro atoms. The Bertz CT molecular complexity index is 5870. The summed E-state index contributed by atoms with van der Waals surface area (Å²) in [5, 5.41) is -0.426. The van der Waals surface area contributed by atoms with Crippen LogP contribution in [0, 0.1) is 22.9 Å². The zero-order valence-electron chi connectivity index (χ0n) is 82.5. The predicted octanol–water partition coefficient (Wildman–Crippen LogP) is 21.2. The Kier molecular flexibility index (Phi) is 34.9. The van der Waals surface area contributed by atoms with E-state index in [2.05, 4.69) is 83.3 Å². The molecule has 11 heterocycles. The van der Waals surface area contributed by atoms with E-state index in [4.69, 9.17) is 41.7 Å². The van der Waals surface area contributed by atoms with Crippen molar-refractivity contribution in [1.29, 1.82) is 0 Å². The Labute approximate surface area is 797 Å². The van der Waals surface area contributed by atoms with Gasteiger partial charge >= 0.3 is 17.5 Å². The van der Waals surface area contributed by atoms with E-state index in [1.54, 1.807) is 36.6 Å². The van der Waals surface area contributed by atoms with E-state index in [9.17, 15) is 28.0 Å². The zero-order chi connectivity index (χ0) is 101. The standard InChI is InChI=1S/C35H51ClF3N7O4Si.C34H34F4N6O3.C15H25F2N3O.C15H24N2/c1-20(2)26-27(25(40-19-41-26)13-14-35(38,39)18-49-51(11,12)34(8,9)10)46-30-23(15-24(37)28(36)42-30)29(43-31(46)47)44-16-22(4)45(17-21(44)3)32(48)50-33(5,6)7;1-6-26(45)42-15-20(5)43(16-19(42)4)31-22-14-24(36)29-27-23(35)8-7-9-25(27)47-17-34(37,38)12-10-21-11-13-39-28(18(2)3)30(21)44(32(22)40-29)33(46)41-31;1-4-5-8-21-9-15(16,17)7-6-12-13(18)14(11(2)3)20-10-19-12;1-4-15(8-9-15)7-5-12-6-10-17-14(11(2)3)13(12)16/h15,19-22H,13-14,16-18H2,1-12H3;6-9,11,13-14,18-20H,1,10,12,15-17H2,2-5H3;10-11H,4-9,18H2,1-3H3;6,10-11H,4-5,7-9,16H2,1-3H3/t21-,22+;19-,20+;;/m01../s1. The lowest BCUT2D eigenvalue weighted by molar-refractivity contribution is -0.128. The molecule has 26 nitrogen and oxygen atoms in total. The second kappa shape index (κ2) is 44.1. The second-order valence-electron chi connectivity index (χ2n) is 40.0. The molecule has 1 aromatic carbocycles. The number of amides is 2. The van der Waals surface area contributed by atoms with Crippen molar-refractivity contribution in [3.8, 4) is 28.4 Å². The Morgan fingerprint density at radius 1 is 0.632 bits per heavy atom. The maximum Gasteiger partial charge on any atom is 0.410 e. The van der Waals surface area contributed by atoms with Crippen LogP contribution in [0.4, 0.5) is 67.3 Å². The molecule has 37 heteroatoms. The molecular weight excluding hydrogens is 1800 g/mol. The summed E-state index contributed by atoms with van der Waals surface area (Å²) in [6, 6.07) is 8.15. The van der Waals surface area contributed by atoms with Gasteiger partial charge in [-0.2, -0.15) is 9.97 Å². The fraction of sp³-hybridized carbons (Fsp3) is 0.576. The predicted molar refractivity (Wildman–Crippen MR) is 517 cm³/mol. The molecule has 0 unspecified atom stereocenters. The molecule has 2 bridgehead atoms. The van der Waals surface area contributed by atoms with Crippen molar-refractivity contribution in [1.82, 2.24) is 68.8 Å². The quantitative estimate of drug-likeness (QED) is 0.0167. The number of nitrogens with two attached hydrogens (primary N) is 2. The molecule has 9 aromatic rings. The Morgan fingerprint density at radius 3 is 1.72 bits per heavy atom. The van der Waals surface area contributed by atoms with Gasteiger partial charge in [-0.15, -0.1) is 0 Å². The Hall–Kier alpha value is -10.5. The summed E-state index contributed by atoms with van der Waals surface area (Å²) in [5.41, 5.74) is 16.1. The number of aromatic nitrogens is 12. The first-order valence-electron chi connectivity index (χ1n) is 46.9. The van der Waals surface area contributed by atoms with Crippen molar-refractivity contribution < 1.29 is 67.7 Å². The summed E-state index contributed by atoms with van der Waals surface area (Å²) in [5.74, 6) is -12.4. The highest BCUT2D eigenvalue weighted by Crippen LogP contribution is 2.53. The number of carbonyl (C=O) groups is 2. The molecule has 4 aliphatic rings. The minimum atomic E-state index is -3.36. The van der Waals surface area contributed by atoms with Crippen molar-refractivity contribution >= 4 is 77.0 Å². The minimum Gasteiger partial charge on any atom is -0.486 e. The number of nitrogens with zero attached hydrogens (tertiary/aromatic N) is 16. The van der Waals surface area contributed by atoms with Crippen LogP contribution in [0.25, 0.3) is 44.7 Å². The largest absolute Gasteiger partial charge is 0.486 e. The molecule has 2 saturated heterocycles. The molecule has 8 aromatic heterocycles. The third kappa shape index (κ3) is 25.9. The normalized spacial score (nSPS) is 17.4. The number of piperazine rings is 2. The Morgan fingerprint density at radius 2 is 1.15 bits per heavy atom. The van der Waals surface area contributed by atoms with Crippen molar-refractivity contribution in [2.45, 2.75) is 311 Å². The van der Waals surface area contributed by atoms with Crippen molar-refractivity contribution in [2.24, 2.45) is 5.41 Å². The molecule has 0 radical (unpaired) electrons. The number of anilines is 4. The van der Waals surface area contributed by atoms with Crippen molar-refractivity contribution in [2.75, 3.05) is 73.9 Å². The fourth-order valence-corrected chi connectivity index (χ4v) is 17.7. The monoisotopic (exact) mass is 1940 g/mol. The van der Waals surface area contributed by atoms with Gasteiger partial charge in [0.1, 0.15) is 53.8 Å². The smallest absolute Gasteiger partial charge is 0.410 e. The van der Waals surface area contributed by atoms with E-state index in [-0.39, 0.29) is 161 Å². The van der Waals surface area contributed by atoms with E-state index >= 15 is 30.7 Å². The molecule has 742 valence electrons. The number of alkyl halides is 6.